The highest BCUT2D eigenvalue weighted by Crippen LogP contribution is 2.17. The molecule has 2 rings (SSSR count). The van der Waals surface area contributed by atoms with Gasteiger partial charge in [-0.1, -0.05) is 0 Å². The van der Waals surface area contributed by atoms with Crippen LogP contribution in [-0.2, 0) is 7.05 Å². The number of carbonyl (C=O) groups is 2. The summed E-state index contributed by atoms with van der Waals surface area (Å²) in [6, 6.07) is 6.74. The number of amides is 1. The van der Waals surface area contributed by atoms with Crippen LogP contribution in [-0.4, -0.2) is 21.6 Å². The van der Waals surface area contributed by atoms with Crippen LogP contribution in [0.3, 0.4) is 0 Å². The smallest absolute Gasteiger partial charge is 0.335 e. The van der Waals surface area contributed by atoms with Crippen molar-refractivity contribution < 1.29 is 19.1 Å². The normalized spacial score (nSPS) is 10.3. The molecule has 2 N–H and O–H groups in total. The van der Waals surface area contributed by atoms with E-state index in [0.29, 0.717) is 5.69 Å². The molecule has 0 saturated carbocycles. The lowest BCUT2D eigenvalue weighted by Crippen LogP contribution is -2.17. The van der Waals surface area contributed by atoms with Crippen LogP contribution in [0.1, 0.15) is 26.5 Å². The number of carbonyl (C=O) groups excluding carboxylic acids is 1. The van der Waals surface area contributed by atoms with Crippen LogP contribution in [0.25, 0.3) is 0 Å². The SMILES string of the molecule is Cc1ccc(C(=O)Nc2ccc(C(=O)O)cc2F)n1C. The first kappa shape index (κ1) is 13.8. The summed E-state index contributed by atoms with van der Waals surface area (Å²) in [5.74, 6) is -2.47. The lowest BCUT2D eigenvalue weighted by Gasteiger charge is -2.08. The molecule has 0 aliphatic heterocycles. The zero-order chi connectivity index (χ0) is 14.9. The number of aromatic nitrogens is 1. The number of benzene rings is 1. The molecule has 0 saturated heterocycles. The molecule has 0 bridgehead atoms. The molecule has 0 radical (unpaired) electrons. The molecule has 0 aliphatic rings. The number of hydrogen-bond acceptors (Lipinski definition) is 2. The van der Waals surface area contributed by atoms with Crippen molar-refractivity contribution in [2.45, 2.75) is 6.92 Å². The summed E-state index contributed by atoms with van der Waals surface area (Å²) >= 11 is 0. The second kappa shape index (κ2) is 5.16. The first-order valence-electron chi connectivity index (χ1n) is 5.86. The summed E-state index contributed by atoms with van der Waals surface area (Å²) in [5, 5.41) is 11.2. The first-order chi connectivity index (χ1) is 9.40. The third-order valence-corrected chi connectivity index (χ3v) is 3.07. The average molecular weight is 276 g/mol. The highest BCUT2D eigenvalue weighted by molar-refractivity contribution is 6.03. The van der Waals surface area contributed by atoms with Gasteiger partial charge >= 0.3 is 5.97 Å². The Balaban J connectivity index is 2.24. The highest BCUT2D eigenvalue weighted by Gasteiger charge is 2.14. The van der Waals surface area contributed by atoms with Gasteiger partial charge in [-0.3, -0.25) is 4.79 Å². The number of rotatable bonds is 3. The maximum absolute atomic E-state index is 13.7. The van der Waals surface area contributed by atoms with Gasteiger partial charge in [0.25, 0.3) is 5.91 Å². The average Bonchev–Trinajstić information content (AvgIpc) is 2.72. The van der Waals surface area contributed by atoms with Crippen molar-refractivity contribution >= 4 is 17.6 Å². The van der Waals surface area contributed by atoms with Crippen molar-refractivity contribution in [3.8, 4) is 0 Å². The van der Waals surface area contributed by atoms with Gasteiger partial charge in [0.1, 0.15) is 11.5 Å². The molecule has 1 aromatic carbocycles. The molecule has 6 heteroatoms. The van der Waals surface area contributed by atoms with E-state index in [2.05, 4.69) is 5.32 Å². The Morgan fingerprint density at radius 3 is 2.45 bits per heavy atom. The fourth-order valence-corrected chi connectivity index (χ4v) is 1.78. The molecular weight excluding hydrogens is 263 g/mol. The predicted octanol–water partition coefficient (Wildman–Crippen LogP) is 2.42. The van der Waals surface area contributed by atoms with E-state index in [9.17, 15) is 14.0 Å². The third kappa shape index (κ3) is 2.54. The van der Waals surface area contributed by atoms with Crippen LogP contribution in [0.15, 0.2) is 30.3 Å². The number of carboxylic acids is 1. The van der Waals surface area contributed by atoms with Crippen molar-refractivity contribution in [3.63, 3.8) is 0 Å². The highest BCUT2D eigenvalue weighted by atomic mass is 19.1. The van der Waals surface area contributed by atoms with Crippen LogP contribution in [0.4, 0.5) is 10.1 Å². The Hall–Kier alpha value is -2.63. The monoisotopic (exact) mass is 276 g/mol. The van der Waals surface area contributed by atoms with Crippen molar-refractivity contribution in [2.75, 3.05) is 5.32 Å². The Morgan fingerprint density at radius 2 is 1.95 bits per heavy atom. The Bertz CT molecular complexity index is 692. The lowest BCUT2D eigenvalue weighted by atomic mass is 10.2. The maximum atomic E-state index is 13.7. The van der Waals surface area contributed by atoms with Gasteiger partial charge < -0.3 is 15.0 Å². The number of halogens is 1. The van der Waals surface area contributed by atoms with E-state index < -0.39 is 17.7 Å². The minimum atomic E-state index is -1.22. The summed E-state index contributed by atoms with van der Waals surface area (Å²) in [5.41, 5.74) is 1.06. The molecule has 20 heavy (non-hydrogen) atoms. The first-order valence-corrected chi connectivity index (χ1v) is 5.86. The number of carboxylic acid groups (broad SMARTS) is 1. The van der Waals surface area contributed by atoms with Crippen molar-refractivity contribution in [1.29, 1.82) is 0 Å². The van der Waals surface area contributed by atoms with Gasteiger partial charge in [-0.25, -0.2) is 9.18 Å². The molecule has 5 nitrogen and oxygen atoms in total. The van der Waals surface area contributed by atoms with Gasteiger partial charge in [0.15, 0.2) is 0 Å². The van der Waals surface area contributed by atoms with E-state index in [1.165, 1.54) is 12.1 Å². The Morgan fingerprint density at radius 1 is 1.25 bits per heavy atom. The Labute approximate surface area is 114 Å². The van der Waals surface area contributed by atoms with Crippen LogP contribution in [0, 0.1) is 12.7 Å². The molecule has 0 aliphatic carbocycles. The molecule has 2 aromatic rings. The summed E-state index contributed by atoms with van der Waals surface area (Å²) in [7, 11) is 1.73. The number of nitrogens with zero attached hydrogens (tertiary/aromatic N) is 1. The van der Waals surface area contributed by atoms with Crippen LogP contribution >= 0.6 is 0 Å². The second-order valence-electron chi connectivity index (χ2n) is 4.37. The Kier molecular flexibility index (Phi) is 3.56. The molecule has 1 amide bonds. The standard InChI is InChI=1S/C14H13FN2O3/c1-8-3-6-12(17(8)2)13(18)16-11-5-4-9(14(19)20)7-10(11)15/h3-7H,1-2H3,(H,16,18)(H,19,20). The number of nitrogens with one attached hydrogen (secondary N) is 1. The second-order valence-corrected chi connectivity index (χ2v) is 4.37. The summed E-state index contributed by atoms with van der Waals surface area (Å²) in [6.07, 6.45) is 0. The minimum Gasteiger partial charge on any atom is -0.478 e. The number of hydrogen-bond donors (Lipinski definition) is 2. The lowest BCUT2D eigenvalue weighted by molar-refractivity contribution is 0.0696. The largest absolute Gasteiger partial charge is 0.478 e. The molecule has 1 aromatic heterocycles. The molecule has 104 valence electrons. The van der Waals surface area contributed by atoms with E-state index in [4.69, 9.17) is 5.11 Å². The van der Waals surface area contributed by atoms with Crippen LogP contribution < -0.4 is 5.32 Å². The van der Waals surface area contributed by atoms with Gasteiger partial charge in [0.2, 0.25) is 0 Å². The van der Waals surface area contributed by atoms with Gasteiger partial charge in [0, 0.05) is 12.7 Å². The van der Waals surface area contributed by atoms with Crippen LogP contribution in [0.5, 0.6) is 0 Å². The number of aryl methyl sites for hydroxylation is 1. The van der Waals surface area contributed by atoms with E-state index in [-0.39, 0.29) is 11.3 Å². The van der Waals surface area contributed by atoms with Crippen molar-refractivity contribution in [3.05, 3.63) is 53.1 Å². The van der Waals surface area contributed by atoms with Gasteiger partial charge in [-0.05, 0) is 37.3 Å². The van der Waals surface area contributed by atoms with Crippen molar-refractivity contribution in [1.82, 2.24) is 4.57 Å². The molecule has 0 spiro atoms. The maximum Gasteiger partial charge on any atom is 0.335 e. The third-order valence-electron chi connectivity index (χ3n) is 3.07. The number of aromatic carboxylic acids is 1. The molecule has 0 unspecified atom stereocenters. The quantitative estimate of drug-likeness (QED) is 0.904. The van der Waals surface area contributed by atoms with E-state index in [1.807, 2.05) is 6.92 Å². The van der Waals surface area contributed by atoms with Gasteiger partial charge in [-0.15, -0.1) is 0 Å². The summed E-state index contributed by atoms with van der Waals surface area (Å²) in [4.78, 5) is 22.7. The van der Waals surface area contributed by atoms with Crippen LogP contribution in [0.2, 0.25) is 0 Å². The van der Waals surface area contributed by atoms with E-state index in [0.717, 1.165) is 11.8 Å². The summed E-state index contributed by atoms with van der Waals surface area (Å²) in [6.45, 7) is 1.85. The van der Waals surface area contributed by atoms with E-state index >= 15 is 0 Å². The predicted molar refractivity (Wildman–Crippen MR) is 71.5 cm³/mol. The fraction of sp³-hybridized carbons (Fsp3) is 0.143. The molecular formula is C14H13FN2O3. The fourth-order valence-electron chi connectivity index (χ4n) is 1.78. The zero-order valence-corrected chi connectivity index (χ0v) is 11.0. The molecule has 0 fully saturated rings. The molecule has 1 heterocycles. The minimum absolute atomic E-state index is 0.0566. The van der Waals surface area contributed by atoms with Gasteiger partial charge in [0.05, 0.1) is 11.3 Å². The summed E-state index contributed by atoms with van der Waals surface area (Å²) < 4.78 is 15.4. The number of anilines is 1. The zero-order valence-electron chi connectivity index (χ0n) is 11.0. The van der Waals surface area contributed by atoms with Crippen molar-refractivity contribution in [2.24, 2.45) is 7.05 Å². The van der Waals surface area contributed by atoms with E-state index in [1.54, 1.807) is 23.7 Å². The van der Waals surface area contributed by atoms with Gasteiger partial charge in [-0.2, -0.15) is 0 Å². The topological polar surface area (TPSA) is 71.3 Å². The molecule has 0 atom stereocenters.